The molecule has 0 saturated carbocycles. The second-order valence-corrected chi connectivity index (χ2v) is 10.9. The van der Waals surface area contributed by atoms with E-state index in [1.54, 1.807) is 19.9 Å². The van der Waals surface area contributed by atoms with Crippen molar-refractivity contribution in [3.63, 3.8) is 0 Å². The molecule has 3 aromatic rings. The molecule has 0 spiro atoms. The van der Waals surface area contributed by atoms with Crippen LogP contribution in [0.5, 0.6) is 0 Å². The van der Waals surface area contributed by atoms with E-state index in [4.69, 9.17) is 14.3 Å². The summed E-state index contributed by atoms with van der Waals surface area (Å²) in [5, 5.41) is 13.7. The third-order valence-electron chi connectivity index (χ3n) is 6.23. The van der Waals surface area contributed by atoms with Gasteiger partial charge in [-0.15, -0.1) is 0 Å². The molecular weight excluding hydrogens is 500 g/mol. The Labute approximate surface area is 223 Å². The van der Waals surface area contributed by atoms with Crippen molar-refractivity contribution in [1.29, 1.82) is 0 Å². The van der Waals surface area contributed by atoms with E-state index < -0.39 is 30.6 Å². The van der Waals surface area contributed by atoms with E-state index in [0.29, 0.717) is 29.0 Å². The number of likely N-dealkylation sites (tertiary alicyclic amines) is 1. The number of hydrogen-bond acceptors (Lipinski definition) is 5. The molecule has 1 aliphatic heterocycles. The first-order valence-electron chi connectivity index (χ1n) is 13.2. The van der Waals surface area contributed by atoms with Crippen molar-refractivity contribution in [2.24, 2.45) is 0 Å². The van der Waals surface area contributed by atoms with Crippen molar-refractivity contribution in [2.45, 2.75) is 72.0 Å². The minimum Gasteiger partial charge on any atom is -0.373 e. The van der Waals surface area contributed by atoms with Gasteiger partial charge < -0.3 is 20.1 Å². The number of fused-ring (bicyclic) bond motifs is 1. The molecular formula is C26H34ClF2N7O. The minimum absolute atomic E-state index is 0.165. The Morgan fingerprint density at radius 3 is 2.65 bits per heavy atom. The van der Waals surface area contributed by atoms with Crippen LogP contribution in [-0.4, -0.2) is 49.7 Å². The van der Waals surface area contributed by atoms with Crippen molar-refractivity contribution in [3.05, 3.63) is 52.2 Å². The van der Waals surface area contributed by atoms with Gasteiger partial charge in [0.05, 0.1) is 20.8 Å². The summed E-state index contributed by atoms with van der Waals surface area (Å²) < 4.78 is 47.2. The summed E-state index contributed by atoms with van der Waals surface area (Å²) in [7, 11) is 0. The Balaban J connectivity index is 1.72. The number of aromatic nitrogens is 4. The number of hydrogen-bond donors (Lipinski definition) is 3. The van der Waals surface area contributed by atoms with Gasteiger partial charge in [-0.1, -0.05) is 38.4 Å². The molecule has 1 aliphatic rings. The molecule has 0 bridgehead atoms. The molecule has 0 atom stereocenters. The molecule has 4 rings (SSSR count). The fourth-order valence-electron chi connectivity index (χ4n) is 4.43. The molecule has 200 valence electrons. The number of nitrogens with zero attached hydrogens (tertiary/aromatic N) is 4. The fraction of sp³-hybridized carbons (Fsp3) is 0.500. The second kappa shape index (κ2) is 10.3. The van der Waals surface area contributed by atoms with E-state index in [2.05, 4.69) is 25.8 Å². The molecule has 0 aliphatic carbocycles. The predicted octanol–water partition coefficient (Wildman–Crippen LogP) is 5.79. The van der Waals surface area contributed by atoms with Gasteiger partial charge in [-0.3, -0.25) is 9.89 Å². The van der Waals surface area contributed by atoms with E-state index in [1.165, 1.54) is 4.57 Å². The zero-order valence-corrected chi connectivity index (χ0v) is 22.5. The van der Waals surface area contributed by atoms with Crippen molar-refractivity contribution in [1.82, 2.24) is 30.0 Å². The van der Waals surface area contributed by atoms with Crippen LogP contribution in [0.1, 0.15) is 84.3 Å². The van der Waals surface area contributed by atoms with E-state index >= 15 is 0 Å². The highest BCUT2D eigenvalue weighted by molar-refractivity contribution is 6.32. The van der Waals surface area contributed by atoms with Crippen molar-refractivity contribution < 1.29 is 16.3 Å². The van der Waals surface area contributed by atoms with Gasteiger partial charge in [-0.05, 0) is 50.1 Å². The molecule has 1 saturated heterocycles. The standard InChI is InChI=1S/C26H34ClF2N7O/c1-7-8-35-12-15(13-35)31-25(37)22-21(23(28)29)32-20(36(22)14(2)3)11-30-24-16-9-17(26(4,5)6)18(27)10-19(16)33-34-24/h7-10,14-15,23H,11-13H2,1-6H3,(H,31,37)(H2,30,33,34)/i11D2. The first-order chi connectivity index (χ1) is 18.1. The van der Waals surface area contributed by atoms with Crippen LogP contribution in [-0.2, 0) is 11.9 Å². The fourth-order valence-corrected chi connectivity index (χ4v) is 4.88. The molecule has 8 nitrogen and oxygen atoms in total. The Bertz CT molecular complexity index is 1410. The Morgan fingerprint density at radius 1 is 1.35 bits per heavy atom. The first-order valence-corrected chi connectivity index (χ1v) is 12.6. The topological polar surface area (TPSA) is 90.9 Å². The average Bonchev–Trinajstić information content (AvgIpc) is 3.38. The molecule has 37 heavy (non-hydrogen) atoms. The van der Waals surface area contributed by atoms with Gasteiger partial charge in [0, 0.05) is 29.5 Å². The minimum atomic E-state index is -3.08. The molecule has 0 unspecified atom stereocenters. The summed E-state index contributed by atoms with van der Waals surface area (Å²) >= 11 is 6.46. The van der Waals surface area contributed by atoms with Crippen LogP contribution < -0.4 is 10.6 Å². The number of amides is 1. The number of carbonyl (C=O) groups is 1. The van der Waals surface area contributed by atoms with E-state index in [-0.39, 0.29) is 28.8 Å². The number of alkyl halides is 2. The molecule has 3 N–H and O–H groups in total. The SMILES string of the molecule is [2H]C([2H])(Nc1n[nH]c2cc(Cl)c(C(C)(C)C)cc12)c1nc(C(F)F)c(C(=O)NC2CN(C=CC)C2)n1C(C)C. The second-order valence-electron chi connectivity index (χ2n) is 10.5. The van der Waals surface area contributed by atoms with E-state index in [1.807, 2.05) is 50.9 Å². The van der Waals surface area contributed by atoms with E-state index in [9.17, 15) is 13.6 Å². The summed E-state index contributed by atoms with van der Waals surface area (Å²) in [5.74, 6) is -0.893. The number of nitrogens with one attached hydrogen (secondary N) is 3. The quantitative estimate of drug-likeness (QED) is 0.340. The number of halogens is 3. The van der Waals surface area contributed by atoms with Gasteiger partial charge in [0.25, 0.3) is 12.3 Å². The molecule has 1 fully saturated rings. The van der Waals surface area contributed by atoms with Crippen LogP contribution in [0, 0.1) is 0 Å². The van der Waals surface area contributed by atoms with Crippen molar-refractivity contribution in [2.75, 3.05) is 18.4 Å². The number of allylic oxidation sites excluding steroid dienone is 1. The summed E-state index contributed by atoms with van der Waals surface area (Å²) in [4.78, 5) is 19.2. The number of aromatic amines is 1. The smallest absolute Gasteiger partial charge is 0.282 e. The monoisotopic (exact) mass is 535 g/mol. The lowest BCUT2D eigenvalue weighted by molar-refractivity contribution is 0.0851. The Hall–Kier alpha value is -3.14. The Morgan fingerprint density at radius 2 is 2.05 bits per heavy atom. The van der Waals surface area contributed by atoms with Gasteiger partial charge >= 0.3 is 0 Å². The van der Waals surface area contributed by atoms with Crippen LogP contribution in [0.4, 0.5) is 14.6 Å². The van der Waals surface area contributed by atoms with Crippen LogP contribution in [0.25, 0.3) is 10.9 Å². The first kappa shape index (κ1) is 24.2. The van der Waals surface area contributed by atoms with Gasteiger partial charge in [-0.2, -0.15) is 5.10 Å². The molecule has 1 amide bonds. The molecule has 11 heteroatoms. The van der Waals surface area contributed by atoms with Crippen molar-refractivity contribution in [3.8, 4) is 0 Å². The lowest BCUT2D eigenvalue weighted by Gasteiger charge is -2.38. The van der Waals surface area contributed by atoms with E-state index in [0.717, 1.165) is 5.56 Å². The molecule has 0 radical (unpaired) electrons. The maximum atomic E-state index is 14.2. The number of benzene rings is 1. The number of imidazole rings is 1. The lowest BCUT2D eigenvalue weighted by Crippen LogP contribution is -2.57. The highest BCUT2D eigenvalue weighted by Gasteiger charge is 2.33. The number of H-pyrrole nitrogens is 1. The van der Waals surface area contributed by atoms with Gasteiger partial charge in [-0.25, -0.2) is 13.8 Å². The predicted molar refractivity (Wildman–Crippen MR) is 142 cm³/mol. The number of carbonyl (C=O) groups excluding carboxylic acids is 1. The number of anilines is 1. The zero-order valence-electron chi connectivity index (χ0n) is 23.8. The van der Waals surface area contributed by atoms with Crippen LogP contribution in [0.2, 0.25) is 5.02 Å². The normalized spacial score (nSPS) is 16.0. The highest BCUT2D eigenvalue weighted by atomic mass is 35.5. The maximum Gasteiger partial charge on any atom is 0.282 e. The van der Waals surface area contributed by atoms with Crippen LogP contribution in [0.15, 0.2) is 24.4 Å². The maximum absolute atomic E-state index is 14.2. The van der Waals surface area contributed by atoms with Crippen molar-refractivity contribution >= 4 is 34.2 Å². The lowest BCUT2D eigenvalue weighted by atomic mass is 9.86. The van der Waals surface area contributed by atoms with Gasteiger partial charge in [0.1, 0.15) is 17.2 Å². The summed E-state index contributed by atoms with van der Waals surface area (Å²) in [6.45, 7) is 9.92. The summed E-state index contributed by atoms with van der Waals surface area (Å²) in [5.41, 5.74) is 0.0254. The molecule has 2 aromatic heterocycles. The number of rotatable bonds is 8. The molecule has 3 heterocycles. The zero-order chi connectivity index (χ0) is 28.9. The summed E-state index contributed by atoms with van der Waals surface area (Å²) in [6, 6.07) is 2.79. The third kappa shape index (κ3) is 5.44. The largest absolute Gasteiger partial charge is 0.373 e. The highest BCUT2D eigenvalue weighted by Crippen LogP contribution is 2.35. The van der Waals surface area contributed by atoms with Crippen LogP contribution in [0.3, 0.4) is 0 Å². The average molecular weight is 536 g/mol. The van der Waals surface area contributed by atoms with Gasteiger partial charge in [0.15, 0.2) is 5.82 Å². The van der Waals surface area contributed by atoms with Gasteiger partial charge in [0.2, 0.25) is 0 Å². The summed E-state index contributed by atoms with van der Waals surface area (Å²) in [6.07, 6.45) is 0.688. The third-order valence-corrected chi connectivity index (χ3v) is 6.55. The molecule has 1 aromatic carbocycles. The Kier molecular flexibility index (Phi) is 6.75. The van der Waals surface area contributed by atoms with Crippen LogP contribution >= 0.6 is 11.6 Å².